The van der Waals surface area contributed by atoms with E-state index in [9.17, 15) is 4.79 Å². The summed E-state index contributed by atoms with van der Waals surface area (Å²) in [5.74, 6) is -0.879. The zero-order chi connectivity index (χ0) is 21.1. The number of benzene rings is 2. The van der Waals surface area contributed by atoms with Gasteiger partial charge in [-0.05, 0) is 71.4 Å². The molecule has 2 nitrogen and oxygen atoms in total. The maximum Gasteiger partial charge on any atom is 0.335 e. The van der Waals surface area contributed by atoms with E-state index in [2.05, 4.69) is 60.3 Å². The van der Waals surface area contributed by atoms with Gasteiger partial charge in [-0.1, -0.05) is 77.1 Å². The fourth-order valence-corrected chi connectivity index (χ4v) is 3.93. The molecule has 0 spiro atoms. The first-order valence-electron chi connectivity index (χ1n) is 10.1. The summed E-state index contributed by atoms with van der Waals surface area (Å²) < 4.78 is 0. The summed E-state index contributed by atoms with van der Waals surface area (Å²) in [6, 6.07) is 13.2. The van der Waals surface area contributed by atoms with E-state index in [1.807, 2.05) is 0 Å². The van der Waals surface area contributed by atoms with Crippen LogP contribution in [0.25, 0.3) is 5.57 Å². The lowest BCUT2D eigenvalue weighted by molar-refractivity contribution is 0.0697. The standard InChI is InChI=1S/C19H28.C7H6O2/c1-8-14-11-16-17(12-15(14)13(2)3)19(6,7)10-9-18(16,4)5;8-7(9)6-4-2-1-3-5-6/h11-12H,2,8-10H2,1,3-7H3;1-5H,(H,8,9). The van der Waals surface area contributed by atoms with Gasteiger partial charge in [0, 0.05) is 0 Å². The number of aromatic carboxylic acids is 1. The lowest BCUT2D eigenvalue weighted by Crippen LogP contribution is -2.34. The Morgan fingerprint density at radius 1 is 1.00 bits per heavy atom. The second-order valence-corrected chi connectivity index (χ2v) is 9.13. The van der Waals surface area contributed by atoms with E-state index in [0.29, 0.717) is 16.4 Å². The molecule has 0 unspecified atom stereocenters. The van der Waals surface area contributed by atoms with E-state index in [4.69, 9.17) is 5.11 Å². The SMILES string of the molecule is C=C(C)c1cc2c(cc1CC)C(C)(C)CCC2(C)C.O=C(O)c1ccccc1. The van der Waals surface area contributed by atoms with E-state index in [1.165, 1.54) is 29.5 Å². The van der Waals surface area contributed by atoms with Crippen LogP contribution in [0.1, 0.15) is 87.0 Å². The molecular weight excluding hydrogens is 344 g/mol. The molecule has 28 heavy (non-hydrogen) atoms. The molecular formula is C26H34O2. The number of carboxylic acid groups (broad SMARTS) is 1. The first-order valence-corrected chi connectivity index (χ1v) is 10.1. The van der Waals surface area contributed by atoms with Crippen LogP contribution >= 0.6 is 0 Å². The number of carbonyl (C=O) groups is 1. The van der Waals surface area contributed by atoms with Gasteiger partial charge in [-0.3, -0.25) is 0 Å². The quantitative estimate of drug-likeness (QED) is 0.623. The Kier molecular flexibility index (Phi) is 6.54. The molecule has 0 heterocycles. The van der Waals surface area contributed by atoms with E-state index in [0.717, 1.165) is 6.42 Å². The maximum absolute atomic E-state index is 10.2. The van der Waals surface area contributed by atoms with Crippen LogP contribution in [0, 0.1) is 0 Å². The van der Waals surface area contributed by atoms with Gasteiger partial charge >= 0.3 is 5.97 Å². The zero-order valence-electron chi connectivity index (χ0n) is 18.2. The van der Waals surface area contributed by atoms with Crippen molar-refractivity contribution in [1.29, 1.82) is 0 Å². The monoisotopic (exact) mass is 378 g/mol. The van der Waals surface area contributed by atoms with Crippen molar-refractivity contribution in [3.05, 3.63) is 76.9 Å². The summed E-state index contributed by atoms with van der Waals surface area (Å²) in [4.78, 5) is 10.2. The lowest BCUT2D eigenvalue weighted by atomic mass is 9.62. The van der Waals surface area contributed by atoms with Crippen molar-refractivity contribution in [1.82, 2.24) is 0 Å². The van der Waals surface area contributed by atoms with Crippen LogP contribution < -0.4 is 0 Å². The molecule has 0 bridgehead atoms. The van der Waals surface area contributed by atoms with E-state index < -0.39 is 5.97 Å². The summed E-state index contributed by atoms with van der Waals surface area (Å²) in [6.45, 7) is 18.1. The third kappa shape index (κ3) is 4.73. The molecule has 0 saturated carbocycles. The molecule has 2 aromatic carbocycles. The number of rotatable bonds is 3. The van der Waals surface area contributed by atoms with Crippen molar-refractivity contribution < 1.29 is 9.90 Å². The number of allylic oxidation sites excluding steroid dienone is 1. The molecule has 0 radical (unpaired) electrons. The molecule has 0 aliphatic heterocycles. The van der Waals surface area contributed by atoms with Gasteiger partial charge in [0.1, 0.15) is 0 Å². The number of hydrogen-bond donors (Lipinski definition) is 1. The molecule has 0 amide bonds. The average Bonchev–Trinajstić information content (AvgIpc) is 2.65. The molecule has 1 aliphatic carbocycles. The summed E-state index contributed by atoms with van der Waals surface area (Å²) >= 11 is 0. The molecule has 1 aliphatic rings. The Bertz CT molecular complexity index is 858. The molecule has 2 aromatic rings. The summed E-state index contributed by atoms with van der Waals surface area (Å²) in [5.41, 5.74) is 8.05. The van der Waals surface area contributed by atoms with Crippen LogP contribution in [0.15, 0.2) is 49.0 Å². The number of carboxylic acids is 1. The van der Waals surface area contributed by atoms with Crippen molar-refractivity contribution in [3.8, 4) is 0 Å². The molecule has 0 atom stereocenters. The Labute approximate surface area is 170 Å². The Morgan fingerprint density at radius 3 is 1.89 bits per heavy atom. The van der Waals surface area contributed by atoms with Gasteiger partial charge in [-0.15, -0.1) is 0 Å². The minimum Gasteiger partial charge on any atom is -0.478 e. The number of aryl methyl sites for hydroxylation is 1. The van der Waals surface area contributed by atoms with Gasteiger partial charge in [0.15, 0.2) is 0 Å². The van der Waals surface area contributed by atoms with Gasteiger partial charge < -0.3 is 5.11 Å². The second-order valence-electron chi connectivity index (χ2n) is 9.13. The third-order valence-electron chi connectivity index (χ3n) is 5.94. The zero-order valence-corrected chi connectivity index (χ0v) is 18.2. The summed E-state index contributed by atoms with van der Waals surface area (Å²) in [7, 11) is 0. The molecule has 2 heteroatoms. The molecule has 0 saturated heterocycles. The lowest BCUT2D eigenvalue weighted by Gasteiger charge is -2.42. The fraction of sp³-hybridized carbons (Fsp3) is 0.423. The second kappa shape index (κ2) is 8.34. The predicted octanol–water partition coefficient (Wildman–Crippen LogP) is 7.02. The molecule has 0 aromatic heterocycles. The molecule has 0 fully saturated rings. The Balaban J connectivity index is 0.000000261. The first kappa shape index (κ1) is 21.9. The van der Waals surface area contributed by atoms with E-state index in [-0.39, 0.29) is 0 Å². The highest BCUT2D eigenvalue weighted by Crippen LogP contribution is 2.47. The largest absolute Gasteiger partial charge is 0.478 e. The highest BCUT2D eigenvalue weighted by atomic mass is 16.4. The highest BCUT2D eigenvalue weighted by molar-refractivity contribution is 5.87. The smallest absolute Gasteiger partial charge is 0.335 e. The average molecular weight is 379 g/mol. The maximum atomic E-state index is 10.2. The molecule has 1 N–H and O–H groups in total. The van der Waals surface area contributed by atoms with Gasteiger partial charge in [-0.2, -0.15) is 0 Å². The van der Waals surface area contributed by atoms with Crippen molar-refractivity contribution in [2.75, 3.05) is 0 Å². The van der Waals surface area contributed by atoms with Crippen molar-refractivity contribution >= 4 is 11.5 Å². The van der Waals surface area contributed by atoms with Crippen LogP contribution in [0.4, 0.5) is 0 Å². The van der Waals surface area contributed by atoms with Crippen molar-refractivity contribution in [3.63, 3.8) is 0 Å². The third-order valence-corrected chi connectivity index (χ3v) is 5.94. The van der Waals surface area contributed by atoms with E-state index in [1.54, 1.807) is 41.5 Å². The van der Waals surface area contributed by atoms with Crippen LogP contribution in [0.5, 0.6) is 0 Å². The summed E-state index contributed by atoms with van der Waals surface area (Å²) in [5, 5.41) is 8.38. The fourth-order valence-electron chi connectivity index (χ4n) is 3.93. The predicted molar refractivity (Wildman–Crippen MR) is 119 cm³/mol. The van der Waals surface area contributed by atoms with Crippen LogP contribution in [0.2, 0.25) is 0 Å². The molecule has 3 rings (SSSR count). The van der Waals surface area contributed by atoms with Crippen LogP contribution in [-0.4, -0.2) is 11.1 Å². The minimum atomic E-state index is -0.879. The Morgan fingerprint density at radius 2 is 1.50 bits per heavy atom. The molecule has 150 valence electrons. The van der Waals surface area contributed by atoms with Gasteiger partial charge in [0.05, 0.1) is 5.56 Å². The Hall–Kier alpha value is -2.35. The summed E-state index contributed by atoms with van der Waals surface area (Å²) in [6.07, 6.45) is 3.64. The number of fused-ring (bicyclic) bond motifs is 1. The highest BCUT2D eigenvalue weighted by Gasteiger charge is 2.37. The van der Waals surface area contributed by atoms with E-state index >= 15 is 0 Å². The van der Waals surface area contributed by atoms with Crippen LogP contribution in [0.3, 0.4) is 0 Å². The first-order chi connectivity index (χ1) is 13.0. The normalized spacial score (nSPS) is 16.4. The topological polar surface area (TPSA) is 37.3 Å². The van der Waals surface area contributed by atoms with Crippen LogP contribution in [-0.2, 0) is 17.3 Å². The van der Waals surface area contributed by atoms with Crippen molar-refractivity contribution in [2.24, 2.45) is 0 Å². The van der Waals surface area contributed by atoms with Gasteiger partial charge in [-0.25, -0.2) is 4.79 Å². The number of hydrogen-bond acceptors (Lipinski definition) is 1. The van der Waals surface area contributed by atoms with Crippen molar-refractivity contribution in [2.45, 2.75) is 71.6 Å². The van der Waals surface area contributed by atoms with Gasteiger partial charge in [0.25, 0.3) is 0 Å². The minimum absolute atomic E-state index is 0.293. The van der Waals surface area contributed by atoms with Gasteiger partial charge in [0.2, 0.25) is 0 Å².